The summed E-state index contributed by atoms with van der Waals surface area (Å²) in [7, 11) is -0.921. The molecule has 2 aromatic carbocycles. The number of benzene rings is 2. The van der Waals surface area contributed by atoms with Crippen molar-refractivity contribution in [2.75, 3.05) is 27.3 Å². The Bertz CT molecular complexity index is 1290. The number of ether oxygens (including phenoxy) is 2. The fourth-order valence-electron chi connectivity index (χ4n) is 4.01. The molecule has 1 fully saturated rings. The van der Waals surface area contributed by atoms with Crippen LogP contribution in [0.3, 0.4) is 0 Å². The Morgan fingerprint density at radius 3 is 2.34 bits per heavy atom. The summed E-state index contributed by atoms with van der Waals surface area (Å²) in [5.41, 5.74) is 1.43. The standard InChI is InChI=1S/C22H26N4O5S/c1-15-9-5-6-10-17(15)26-21(23-24-22(26)27)16-13-20(19(31-3)14-18(16)30-2)32(28,29)25-11-7-4-8-12-25/h5-6,9-10,13-14H,4,7-8,11-12H2,1-3H3,(H,24,27). The lowest BCUT2D eigenvalue weighted by Crippen LogP contribution is -2.35. The number of H-pyrrole nitrogens is 1. The van der Waals surface area contributed by atoms with Crippen molar-refractivity contribution in [1.82, 2.24) is 19.1 Å². The zero-order valence-corrected chi connectivity index (χ0v) is 19.1. The van der Waals surface area contributed by atoms with E-state index in [2.05, 4.69) is 10.2 Å². The van der Waals surface area contributed by atoms with E-state index in [1.165, 1.54) is 35.2 Å². The van der Waals surface area contributed by atoms with Gasteiger partial charge in [0.15, 0.2) is 5.82 Å². The van der Waals surface area contributed by atoms with E-state index in [0.717, 1.165) is 24.8 Å². The molecule has 32 heavy (non-hydrogen) atoms. The maximum Gasteiger partial charge on any atom is 0.348 e. The molecule has 1 saturated heterocycles. The summed E-state index contributed by atoms with van der Waals surface area (Å²) < 4.78 is 40.8. The van der Waals surface area contributed by atoms with Gasteiger partial charge in [0.1, 0.15) is 16.4 Å². The molecule has 0 bridgehead atoms. The molecular formula is C22H26N4O5S. The highest BCUT2D eigenvalue weighted by atomic mass is 32.2. The van der Waals surface area contributed by atoms with Crippen molar-refractivity contribution in [3.8, 4) is 28.6 Å². The number of hydrogen-bond acceptors (Lipinski definition) is 6. The largest absolute Gasteiger partial charge is 0.496 e. The van der Waals surface area contributed by atoms with Crippen molar-refractivity contribution in [3.63, 3.8) is 0 Å². The first-order valence-electron chi connectivity index (χ1n) is 10.4. The number of para-hydroxylation sites is 1. The van der Waals surface area contributed by atoms with Gasteiger partial charge >= 0.3 is 5.69 Å². The topological polar surface area (TPSA) is 107 Å². The number of sulfonamides is 1. The molecule has 1 aliphatic heterocycles. The highest BCUT2D eigenvalue weighted by Gasteiger charge is 2.31. The minimum atomic E-state index is -3.81. The smallest absolute Gasteiger partial charge is 0.348 e. The van der Waals surface area contributed by atoms with Gasteiger partial charge in [0.2, 0.25) is 10.0 Å². The highest BCUT2D eigenvalue weighted by Crippen LogP contribution is 2.39. The maximum absolute atomic E-state index is 13.5. The van der Waals surface area contributed by atoms with Crippen molar-refractivity contribution in [3.05, 3.63) is 52.4 Å². The minimum Gasteiger partial charge on any atom is -0.496 e. The molecule has 0 atom stereocenters. The summed E-state index contributed by atoms with van der Waals surface area (Å²) in [6, 6.07) is 10.4. The molecule has 4 rings (SSSR count). The fourth-order valence-corrected chi connectivity index (χ4v) is 5.69. The second kappa shape index (κ2) is 8.79. The Labute approximate surface area is 186 Å². The predicted molar refractivity (Wildman–Crippen MR) is 120 cm³/mol. The molecule has 9 nitrogen and oxygen atoms in total. The van der Waals surface area contributed by atoms with Gasteiger partial charge in [-0.2, -0.15) is 9.40 Å². The van der Waals surface area contributed by atoms with Crippen LogP contribution in [0.2, 0.25) is 0 Å². The number of hydrogen-bond donors (Lipinski definition) is 1. The molecule has 0 saturated carbocycles. The van der Waals surface area contributed by atoms with Crippen molar-refractivity contribution >= 4 is 10.0 Å². The van der Waals surface area contributed by atoms with Crippen LogP contribution in [0.1, 0.15) is 24.8 Å². The summed E-state index contributed by atoms with van der Waals surface area (Å²) in [5, 5.41) is 6.67. The van der Waals surface area contributed by atoms with Crippen LogP contribution in [0.25, 0.3) is 17.1 Å². The first-order chi connectivity index (χ1) is 15.4. The first kappa shape index (κ1) is 22.1. The van der Waals surface area contributed by atoms with Crippen molar-refractivity contribution in [2.24, 2.45) is 0 Å². The summed E-state index contributed by atoms with van der Waals surface area (Å²) >= 11 is 0. The number of piperidine rings is 1. The van der Waals surface area contributed by atoms with Gasteiger partial charge in [-0.3, -0.25) is 0 Å². The van der Waals surface area contributed by atoms with E-state index >= 15 is 0 Å². The summed E-state index contributed by atoms with van der Waals surface area (Å²) in [6.07, 6.45) is 2.64. The molecule has 1 N–H and O–H groups in total. The number of aromatic amines is 1. The Morgan fingerprint density at radius 2 is 1.69 bits per heavy atom. The second-order valence-electron chi connectivity index (χ2n) is 7.64. The molecule has 170 valence electrons. The number of aryl methyl sites for hydroxylation is 1. The van der Waals surface area contributed by atoms with Gasteiger partial charge in [0.25, 0.3) is 0 Å². The van der Waals surface area contributed by atoms with Crippen LogP contribution < -0.4 is 15.2 Å². The van der Waals surface area contributed by atoms with Crippen molar-refractivity contribution < 1.29 is 17.9 Å². The van der Waals surface area contributed by atoms with Gasteiger partial charge in [-0.05, 0) is 37.5 Å². The quantitative estimate of drug-likeness (QED) is 0.609. The number of methoxy groups -OCH3 is 2. The number of aromatic nitrogens is 3. The Hall–Kier alpha value is -3.11. The third kappa shape index (κ3) is 3.80. The van der Waals surface area contributed by atoms with Gasteiger partial charge in [-0.25, -0.2) is 22.9 Å². The molecule has 0 spiro atoms. The third-order valence-electron chi connectivity index (χ3n) is 5.69. The van der Waals surface area contributed by atoms with E-state index in [0.29, 0.717) is 30.1 Å². The van der Waals surface area contributed by atoms with E-state index in [1.807, 2.05) is 25.1 Å². The van der Waals surface area contributed by atoms with E-state index in [1.54, 1.807) is 6.07 Å². The Kier molecular flexibility index (Phi) is 6.07. The summed E-state index contributed by atoms with van der Waals surface area (Å²) in [4.78, 5) is 12.7. The third-order valence-corrected chi connectivity index (χ3v) is 7.61. The van der Waals surface area contributed by atoms with Gasteiger partial charge in [-0.15, -0.1) is 0 Å². The normalized spacial score (nSPS) is 15.0. The van der Waals surface area contributed by atoms with Crippen LogP contribution in [-0.2, 0) is 10.0 Å². The lowest BCUT2D eigenvalue weighted by Gasteiger charge is -2.27. The average Bonchev–Trinajstić information content (AvgIpc) is 3.19. The molecule has 0 amide bonds. The van der Waals surface area contributed by atoms with Gasteiger partial charge in [-0.1, -0.05) is 24.6 Å². The molecule has 3 aromatic rings. The molecule has 0 radical (unpaired) electrons. The van der Waals surface area contributed by atoms with E-state index < -0.39 is 15.7 Å². The van der Waals surface area contributed by atoms with Gasteiger partial charge < -0.3 is 9.47 Å². The van der Waals surface area contributed by atoms with Crippen LogP contribution in [-0.4, -0.2) is 54.8 Å². The monoisotopic (exact) mass is 458 g/mol. The Balaban J connectivity index is 1.95. The second-order valence-corrected chi connectivity index (χ2v) is 9.55. The van der Waals surface area contributed by atoms with Gasteiger partial charge in [0.05, 0.1) is 25.5 Å². The van der Waals surface area contributed by atoms with Gasteiger partial charge in [0, 0.05) is 19.2 Å². The zero-order valence-electron chi connectivity index (χ0n) is 18.3. The van der Waals surface area contributed by atoms with E-state index in [-0.39, 0.29) is 16.5 Å². The minimum absolute atomic E-state index is 0.0180. The lowest BCUT2D eigenvalue weighted by atomic mass is 10.1. The van der Waals surface area contributed by atoms with Crippen molar-refractivity contribution in [2.45, 2.75) is 31.1 Å². The SMILES string of the molecule is COc1cc(OC)c(S(=O)(=O)N2CCCCC2)cc1-c1n[nH]c(=O)n1-c1ccccc1C. The van der Waals surface area contributed by atoms with Crippen LogP contribution in [0.4, 0.5) is 0 Å². The molecule has 10 heteroatoms. The lowest BCUT2D eigenvalue weighted by molar-refractivity contribution is 0.342. The summed E-state index contributed by atoms with van der Waals surface area (Å²) in [6.45, 7) is 2.81. The van der Waals surface area contributed by atoms with E-state index in [4.69, 9.17) is 9.47 Å². The molecular weight excluding hydrogens is 432 g/mol. The maximum atomic E-state index is 13.5. The number of nitrogens with zero attached hydrogens (tertiary/aromatic N) is 3. The molecule has 0 unspecified atom stereocenters. The van der Waals surface area contributed by atoms with Crippen LogP contribution in [0.15, 0.2) is 46.1 Å². The van der Waals surface area contributed by atoms with Crippen molar-refractivity contribution in [1.29, 1.82) is 0 Å². The highest BCUT2D eigenvalue weighted by molar-refractivity contribution is 7.89. The zero-order chi connectivity index (χ0) is 22.9. The first-order valence-corrected chi connectivity index (χ1v) is 11.8. The molecule has 1 aliphatic rings. The predicted octanol–water partition coefficient (Wildman–Crippen LogP) is 2.73. The van der Waals surface area contributed by atoms with Crippen LogP contribution in [0, 0.1) is 6.92 Å². The molecule has 2 heterocycles. The summed E-state index contributed by atoms with van der Waals surface area (Å²) in [5.74, 6) is 0.767. The number of rotatable bonds is 6. The molecule has 1 aromatic heterocycles. The number of nitrogens with one attached hydrogen (secondary N) is 1. The Morgan fingerprint density at radius 1 is 1.00 bits per heavy atom. The van der Waals surface area contributed by atoms with E-state index in [9.17, 15) is 13.2 Å². The average molecular weight is 459 g/mol. The van der Waals surface area contributed by atoms with Crippen LogP contribution >= 0.6 is 0 Å². The fraction of sp³-hybridized carbons (Fsp3) is 0.364. The molecule has 0 aliphatic carbocycles. The van der Waals surface area contributed by atoms with Crippen LogP contribution in [0.5, 0.6) is 11.5 Å².